The van der Waals surface area contributed by atoms with Crippen LogP contribution in [0.4, 0.5) is 0 Å². The molecule has 0 radical (unpaired) electrons. The van der Waals surface area contributed by atoms with Crippen molar-refractivity contribution in [1.29, 1.82) is 0 Å². The number of methoxy groups -OCH3 is 1. The highest BCUT2D eigenvalue weighted by molar-refractivity contribution is 7.57. The van der Waals surface area contributed by atoms with Crippen molar-refractivity contribution in [1.82, 2.24) is 0 Å². The summed E-state index contributed by atoms with van der Waals surface area (Å²) in [6, 6.07) is 0. The SMILES string of the molecule is CCOP(=O)(/C=C(\O)OC)OCC. The van der Waals surface area contributed by atoms with Gasteiger partial charge < -0.3 is 18.9 Å². The average Bonchev–Trinajstić information content (AvgIpc) is 2.04. The van der Waals surface area contributed by atoms with E-state index < -0.39 is 13.5 Å². The summed E-state index contributed by atoms with van der Waals surface area (Å²) in [5.41, 5.74) is 0. The maximum Gasteiger partial charge on any atom is 0.361 e. The van der Waals surface area contributed by atoms with E-state index in [1.54, 1.807) is 13.8 Å². The fraction of sp³-hybridized carbons (Fsp3) is 0.714. The van der Waals surface area contributed by atoms with Gasteiger partial charge in [0.1, 0.15) is 5.82 Å². The minimum atomic E-state index is -3.33. The van der Waals surface area contributed by atoms with E-state index in [2.05, 4.69) is 4.74 Å². The lowest BCUT2D eigenvalue weighted by atomic mass is 10.9. The molecule has 5 nitrogen and oxygen atoms in total. The zero-order valence-corrected chi connectivity index (χ0v) is 8.91. The summed E-state index contributed by atoms with van der Waals surface area (Å²) in [7, 11) is -2.07. The summed E-state index contributed by atoms with van der Waals surface area (Å²) in [5.74, 6) is 0.477. The topological polar surface area (TPSA) is 65.0 Å². The number of hydrogen-bond donors (Lipinski definition) is 1. The Kier molecular flexibility index (Phi) is 5.79. The van der Waals surface area contributed by atoms with Crippen molar-refractivity contribution in [2.75, 3.05) is 20.3 Å². The van der Waals surface area contributed by atoms with Crippen LogP contribution in [0.3, 0.4) is 0 Å². The quantitative estimate of drug-likeness (QED) is 0.538. The third-order valence-corrected chi connectivity index (χ3v) is 2.87. The molecule has 78 valence electrons. The Labute approximate surface area is 77.8 Å². The summed E-state index contributed by atoms with van der Waals surface area (Å²) in [6.07, 6.45) is 0. The highest BCUT2D eigenvalue weighted by atomic mass is 31.2. The molecule has 0 aromatic heterocycles. The third-order valence-electron chi connectivity index (χ3n) is 1.10. The molecular formula is C7H15O5P. The van der Waals surface area contributed by atoms with Gasteiger partial charge in [0.25, 0.3) is 5.95 Å². The summed E-state index contributed by atoms with van der Waals surface area (Å²) in [6.45, 7) is 3.85. The first-order valence-electron chi connectivity index (χ1n) is 3.92. The van der Waals surface area contributed by atoms with Gasteiger partial charge in [-0.15, -0.1) is 0 Å². The summed E-state index contributed by atoms with van der Waals surface area (Å²) < 4.78 is 25.8. The first kappa shape index (κ1) is 12.5. The Morgan fingerprint density at radius 2 is 1.85 bits per heavy atom. The van der Waals surface area contributed by atoms with Gasteiger partial charge in [0.2, 0.25) is 0 Å². The van der Waals surface area contributed by atoms with Gasteiger partial charge in [0.15, 0.2) is 0 Å². The molecule has 0 aliphatic rings. The van der Waals surface area contributed by atoms with Crippen molar-refractivity contribution in [2.45, 2.75) is 13.8 Å². The van der Waals surface area contributed by atoms with Crippen LogP contribution in [-0.4, -0.2) is 25.4 Å². The van der Waals surface area contributed by atoms with Crippen LogP contribution >= 0.6 is 7.60 Å². The third kappa shape index (κ3) is 4.93. The fourth-order valence-electron chi connectivity index (χ4n) is 0.660. The molecule has 1 N–H and O–H groups in total. The van der Waals surface area contributed by atoms with E-state index in [0.29, 0.717) is 0 Å². The Morgan fingerprint density at radius 1 is 1.38 bits per heavy atom. The number of hydrogen-bond acceptors (Lipinski definition) is 5. The average molecular weight is 210 g/mol. The van der Waals surface area contributed by atoms with Gasteiger partial charge in [-0.3, -0.25) is 4.57 Å². The molecule has 0 saturated carbocycles. The lowest BCUT2D eigenvalue weighted by molar-refractivity contribution is 0.135. The largest absolute Gasteiger partial charge is 0.481 e. The second-order valence-corrected chi connectivity index (χ2v) is 3.90. The lowest BCUT2D eigenvalue weighted by Gasteiger charge is -2.12. The van der Waals surface area contributed by atoms with Gasteiger partial charge in [0.05, 0.1) is 20.3 Å². The second-order valence-electron chi connectivity index (χ2n) is 2.05. The molecule has 0 amide bonds. The van der Waals surface area contributed by atoms with Crippen LogP contribution in [0, 0.1) is 0 Å². The molecular weight excluding hydrogens is 195 g/mol. The first-order chi connectivity index (χ1) is 6.08. The zero-order chi connectivity index (χ0) is 10.3. The molecule has 0 heterocycles. The van der Waals surface area contributed by atoms with E-state index >= 15 is 0 Å². The molecule has 0 spiro atoms. The maximum absolute atomic E-state index is 11.6. The number of aliphatic hydroxyl groups is 1. The smallest absolute Gasteiger partial charge is 0.361 e. The lowest BCUT2D eigenvalue weighted by Crippen LogP contribution is -1.95. The normalized spacial score (nSPS) is 13.0. The fourth-order valence-corrected chi connectivity index (χ4v) is 1.98. The van der Waals surface area contributed by atoms with Gasteiger partial charge in [-0.1, -0.05) is 0 Å². The van der Waals surface area contributed by atoms with Crippen LogP contribution in [-0.2, 0) is 18.3 Å². The van der Waals surface area contributed by atoms with Crippen LogP contribution in [0.15, 0.2) is 11.8 Å². The first-order valence-corrected chi connectivity index (χ1v) is 5.53. The standard InChI is InChI=1S/C7H15O5P/c1-4-11-13(9,12-5-2)6-7(8)10-3/h6,8H,4-5H2,1-3H3/b7-6+. The molecule has 0 aromatic carbocycles. The molecule has 0 aromatic rings. The molecule has 0 atom stereocenters. The monoisotopic (exact) mass is 210 g/mol. The van der Waals surface area contributed by atoms with Crippen LogP contribution in [0.5, 0.6) is 0 Å². The van der Waals surface area contributed by atoms with Gasteiger partial charge >= 0.3 is 7.60 Å². The van der Waals surface area contributed by atoms with Crippen LogP contribution in [0.25, 0.3) is 0 Å². The van der Waals surface area contributed by atoms with E-state index in [4.69, 9.17) is 14.2 Å². The molecule has 13 heavy (non-hydrogen) atoms. The Morgan fingerprint density at radius 3 is 2.15 bits per heavy atom. The molecule has 0 fully saturated rings. The van der Waals surface area contributed by atoms with Gasteiger partial charge in [-0.2, -0.15) is 0 Å². The second kappa shape index (κ2) is 6.02. The Bertz CT molecular complexity index is 203. The molecule has 0 saturated heterocycles. The van der Waals surface area contributed by atoms with E-state index in [9.17, 15) is 4.57 Å². The van der Waals surface area contributed by atoms with Crippen molar-refractivity contribution < 1.29 is 23.5 Å². The van der Waals surface area contributed by atoms with Crippen molar-refractivity contribution in [3.8, 4) is 0 Å². The Hall–Kier alpha value is -0.510. The molecule has 0 aliphatic carbocycles. The highest BCUT2D eigenvalue weighted by Gasteiger charge is 2.21. The summed E-state index contributed by atoms with van der Waals surface area (Å²) >= 11 is 0. The van der Waals surface area contributed by atoms with Gasteiger partial charge in [0, 0.05) is 0 Å². The highest BCUT2D eigenvalue weighted by Crippen LogP contribution is 2.50. The minimum Gasteiger partial charge on any atom is -0.481 e. The van der Waals surface area contributed by atoms with Crippen LogP contribution in [0.1, 0.15) is 13.8 Å². The molecule has 0 rings (SSSR count). The minimum absolute atomic E-state index is 0.241. The van der Waals surface area contributed by atoms with Crippen LogP contribution in [0.2, 0.25) is 0 Å². The van der Waals surface area contributed by atoms with E-state index in [1.807, 2.05) is 0 Å². The maximum atomic E-state index is 11.6. The van der Waals surface area contributed by atoms with Crippen molar-refractivity contribution in [2.24, 2.45) is 0 Å². The molecule has 6 heteroatoms. The number of ether oxygens (including phenoxy) is 1. The molecule has 0 unspecified atom stereocenters. The summed E-state index contributed by atoms with van der Waals surface area (Å²) in [4.78, 5) is 0. The summed E-state index contributed by atoms with van der Waals surface area (Å²) in [5, 5.41) is 8.95. The van der Waals surface area contributed by atoms with Crippen molar-refractivity contribution in [3.05, 3.63) is 11.8 Å². The van der Waals surface area contributed by atoms with E-state index in [-0.39, 0.29) is 13.2 Å². The molecule has 0 aliphatic heterocycles. The van der Waals surface area contributed by atoms with Crippen molar-refractivity contribution >= 4 is 7.60 Å². The van der Waals surface area contributed by atoms with Crippen LogP contribution < -0.4 is 0 Å². The van der Waals surface area contributed by atoms with Gasteiger partial charge in [-0.05, 0) is 13.8 Å². The number of aliphatic hydroxyl groups excluding tert-OH is 1. The predicted octanol–water partition coefficient (Wildman–Crippen LogP) is 2.26. The van der Waals surface area contributed by atoms with E-state index in [0.717, 1.165) is 5.82 Å². The van der Waals surface area contributed by atoms with E-state index in [1.165, 1.54) is 7.11 Å². The Balaban J connectivity index is 4.49. The van der Waals surface area contributed by atoms with Gasteiger partial charge in [-0.25, -0.2) is 0 Å². The predicted molar refractivity (Wildman–Crippen MR) is 48.6 cm³/mol. The zero-order valence-electron chi connectivity index (χ0n) is 8.02. The van der Waals surface area contributed by atoms with Crippen molar-refractivity contribution in [3.63, 3.8) is 0 Å². The molecule has 0 bridgehead atoms. The number of rotatable bonds is 6.